The number of rotatable bonds is 6. The minimum absolute atomic E-state index is 0.296. The minimum atomic E-state index is -0.383. The van der Waals surface area contributed by atoms with Crippen LogP contribution < -0.4 is 5.32 Å². The summed E-state index contributed by atoms with van der Waals surface area (Å²) in [6.45, 7) is 0. The molecule has 1 heterocycles. The van der Waals surface area contributed by atoms with Gasteiger partial charge in [0.25, 0.3) is 5.91 Å². The predicted octanol–water partition coefficient (Wildman–Crippen LogP) is 7.50. The highest BCUT2D eigenvalue weighted by molar-refractivity contribution is 6.42. The van der Waals surface area contributed by atoms with Crippen molar-refractivity contribution in [3.05, 3.63) is 142 Å². The number of nitrogens with one attached hydrogen (secondary N) is 1. The molecule has 0 saturated heterocycles. The zero-order chi connectivity index (χ0) is 25.1. The first kappa shape index (κ1) is 23.8. The van der Waals surface area contributed by atoms with Crippen LogP contribution in [0.25, 0.3) is 16.9 Å². The van der Waals surface area contributed by atoms with Crippen molar-refractivity contribution in [1.82, 2.24) is 15.1 Å². The Labute approximate surface area is 217 Å². The topological polar surface area (TPSA) is 46.9 Å². The average molecular weight is 516 g/mol. The molecule has 0 spiro atoms. The van der Waals surface area contributed by atoms with E-state index >= 15 is 0 Å². The highest BCUT2D eigenvalue weighted by Crippen LogP contribution is 2.28. The third kappa shape index (κ3) is 5.03. The molecule has 0 aliphatic rings. The van der Waals surface area contributed by atoms with Gasteiger partial charge in [-0.1, -0.05) is 83.9 Å². The molecular formula is C29H20Cl2FN3O. The monoisotopic (exact) mass is 515 g/mol. The van der Waals surface area contributed by atoms with Crippen molar-refractivity contribution in [2.24, 2.45) is 0 Å². The molecule has 5 rings (SSSR count). The molecule has 1 N–H and O–H groups in total. The quantitative estimate of drug-likeness (QED) is 0.254. The molecule has 7 heteroatoms. The van der Waals surface area contributed by atoms with Crippen LogP contribution in [0.1, 0.15) is 27.7 Å². The Balaban J connectivity index is 1.58. The maximum absolute atomic E-state index is 13.8. The van der Waals surface area contributed by atoms with Crippen molar-refractivity contribution >= 4 is 29.1 Å². The van der Waals surface area contributed by atoms with Gasteiger partial charge in [-0.15, -0.1) is 0 Å². The van der Waals surface area contributed by atoms with Crippen molar-refractivity contribution in [3.8, 4) is 16.9 Å². The standard InChI is InChI=1S/C29H20Cl2FN3O/c30-24-16-15-23(17-25(24)31)35-27(18-26(34-35)19-11-13-22(32)14-12-19)29(36)33-28(20-7-3-1-4-8-20)21-9-5-2-6-10-21/h1-18,28H,(H,33,36). The molecule has 36 heavy (non-hydrogen) atoms. The van der Waals surface area contributed by atoms with Crippen LogP contribution in [0.15, 0.2) is 109 Å². The average Bonchev–Trinajstić information content (AvgIpc) is 3.36. The molecule has 4 aromatic carbocycles. The van der Waals surface area contributed by atoms with Crippen molar-refractivity contribution in [3.63, 3.8) is 0 Å². The van der Waals surface area contributed by atoms with Gasteiger partial charge in [0, 0.05) is 5.56 Å². The number of aromatic nitrogens is 2. The van der Waals surface area contributed by atoms with Gasteiger partial charge in [0.15, 0.2) is 0 Å². The van der Waals surface area contributed by atoms with Crippen molar-refractivity contribution in [1.29, 1.82) is 0 Å². The Bertz CT molecular complexity index is 1460. The second kappa shape index (κ2) is 10.4. The molecule has 0 fully saturated rings. The summed E-state index contributed by atoms with van der Waals surface area (Å²) in [7, 11) is 0. The Kier molecular flexibility index (Phi) is 6.85. The van der Waals surface area contributed by atoms with Crippen LogP contribution >= 0.6 is 23.2 Å². The lowest BCUT2D eigenvalue weighted by Gasteiger charge is -2.20. The predicted molar refractivity (Wildman–Crippen MR) is 141 cm³/mol. The SMILES string of the molecule is O=C(NC(c1ccccc1)c1ccccc1)c1cc(-c2ccc(F)cc2)nn1-c1ccc(Cl)c(Cl)c1. The van der Waals surface area contributed by atoms with Gasteiger partial charge in [0.2, 0.25) is 0 Å². The molecule has 178 valence electrons. The molecular weight excluding hydrogens is 496 g/mol. The van der Waals surface area contributed by atoms with E-state index < -0.39 is 0 Å². The summed E-state index contributed by atoms with van der Waals surface area (Å²) in [5.41, 5.74) is 3.94. The third-order valence-electron chi connectivity index (χ3n) is 5.77. The molecule has 0 aliphatic heterocycles. The van der Waals surface area contributed by atoms with Crippen LogP contribution in [0.2, 0.25) is 10.0 Å². The first-order chi connectivity index (χ1) is 17.5. The molecule has 0 atom stereocenters. The second-order valence-corrected chi connectivity index (χ2v) is 8.97. The van der Waals surface area contributed by atoms with E-state index in [9.17, 15) is 9.18 Å². The van der Waals surface area contributed by atoms with Crippen LogP contribution in [-0.4, -0.2) is 15.7 Å². The fourth-order valence-corrected chi connectivity index (χ4v) is 4.27. The zero-order valence-corrected chi connectivity index (χ0v) is 20.4. The summed E-state index contributed by atoms with van der Waals surface area (Å²) in [6.07, 6.45) is 0. The Morgan fingerprint density at radius 3 is 1.97 bits per heavy atom. The van der Waals surface area contributed by atoms with E-state index in [1.165, 1.54) is 16.8 Å². The lowest BCUT2D eigenvalue weighted by Crippen LogP contribution is -2.31. The van der Waals surface area contributed by atoms with E-state index in [4.69, 9.17) is 23.2 Å². The van der Waals surface area contributed by atoms with Crippen molar-refractivity contribution < 1.29 is 9.18 Å². The van der Waals surface area contributed by atoms with E-state index in [1.807, 2.05) is 60.7 Å². The smallest absolute Gasteiger partial charge is 0.270 e. The maximum atomic E-state index is 13.8. The number of halogens is 3. The lowest BCUT2D eigenvalue weighted by atomic mass is 9.98. The summed E-state index contributed by atoms with van der Waals surface area (Å²) in [5, 5.41) is 8.55. The number of hydrogen-bond acceptors (Lipinski definition) is 2. The van der Waals surface area contributed by atoms with E-state index in [0.717, 1.165) is 11.1 Å². The van der Waals surface area contributed by atoms with E-state index in [2.05, 4.69) is 10.4 Å². The van der Waals surface area contributed by atoms with Gasteiger partial charge in [-0.25, -0.2) is 9.07 Å². The van der Waals surface area contributed by atoms with Crippen LogP contribution in [-0.2, 0) is 0 Å². The number of hydrogen-bond donors (Lipinski definition) is 1. The van der Waals surface area contributed by atoms with Crippen LogP contribution in [0.5, 0.6) is 0 Å². The number of amides is 1. The summed E-state index contributed by atoms with van der Waals surface area (Å²) in [5.74, 6) is -0.686. The molecule has 5 aromatic rings. The summed E-state index contributed by atoms with van der Waals surface area (Å²) < 4.78 is 15.0. The molecule has 0 bridgehead atoms. The normalized spacial score (nSPS) is 11.0. The van der Waals surface area contributed by atoms with Crippen LogP contribution in [0.3, 0.4) is 0 Å². The van der Waals surface area contributed by atoms with Gasteiger partial charge in [0.1, 0.15) is 11.5 Å². The van der Waals surface area contributed by atoms with Crippen molar-refractivity contribution in [2.75, 3.05) is 0 Å². The van der Waals surface area contributed by atoms with E-state index in [0.29, 0.717) is 32.7 Å². The van der Waals surface area contributed by atoms with Gasteiger partial charge in [0.05, 0.1) is 27.5 Å². The first-order valence-corrected chi connectivity index (χ1v) is 12.0. The Morgan fingerprint density at radius 1 is 0.778 bits per heavy atom. The van der Waals surface area contributed by atoms with E-state index in [-0.39, 0.29) is 17.8 Å². The van der Waals surface area contributed by atoms with Gasteiger partial charge >= 0.3 is 0 Å². The molecule has 1 amide bonds. The van der Waals surface area contributed by atoms with Crippen LogP contribution in [0.4, 0.5) is 4.39 Å². The minimum Gasteiger partial charge on any atom is -0.340 e. The third-order valence-corrected chi connectivity index (χ3v) is 6.51. The molecule has 0 saturated carbocycles. The highest BCUT2D eigenvalue weighted by atomic mass is 35.5. The Morgan fingerprint density at radius 2 is 1.39 bits per heavy atom. The fraction of sp³-hybridized carbons (Fsp3) is 0.0345. The van der Waals surface area contributed by atoms with Gasteiger partial charge in [-0.05, 0) is 59.7 Å². The molecule has 1 aromatic heterocycles. The fourth-order valence-electron chi connectivity index (χ4n) is 3.97. The molecule has 0 radical (unpaired) electrons. The number of carbonyl (C=O) groups is 1. The number of nitrogens with zero attached hydrogens (tertiary/aromatic N) is 2. The summed E-state index contributed by atoms with van der Waals surface area (Å²) in [6, 6.07) is 31.8. The van der Waals surface area contributed by atoms with Gasteiger partial charge in [-0.3, -0.25) is 4.79 Å². The second-order valence-electron chi connectivity index (χ2n) is 8.16. The largest absolute Gasteiger partial charge is 0.340 e. The summed E-state index contributed by atoms with van der Waals surface area (Å²) >= 11 is 12.4. The maximum Gasteiger partial charge on any atom is 0.270 e. The zero-order valence-electron chi connectivity index (χ0n) is 18.9. The molecule has 0 aliphatic carbocycles. The molecule has 4 nitrogen and oxygen atoms in total. The summed E-state index contributed by atoms with van der Waals surface area (Å²) in [4.78, 5) is 13.8. The lowest BCUT2D eigenvalue weighted by molar-refractivity contribution is 0.0935. The Hall–Kier alpha value is -3.93. The number of carbonyl (C=O) groups excluding carboxylic acids is 1. The first-order valence-electron chi connectivity index (χ1n) is 11.2. The van der Waals surface area contributed by atoms with Gasteiger partial charge < -0.3 is 5.32 Å². The number of benzene rings is 4. The van der Waals surface area contributed by atoms with Crippen molar-refractivity contribution in [2.45, 2.75) is 6.04 Å². The van der Waals surface area contributed by atoms with Crippen LogP contribution in [0, 0.1) is 5.82 Å². The van der Waals surface area contributed by atoms with E-state index in [1.54, 1.807) is 36.4 Å². The van der Waals surface area contributed by atoms with Gasteiger partial charge in [-0.2, -0.15) is 5.10 Å². The highest BCUT2D eigenvalue weighted by Gasteiger charge is 2.23. The molecule has 0 unspecified atom stereocenters.